The quantitative estimate of drug-likeness (QED) is 0.555. The number of rotatable bonds is 7. The van der Waals surface area contributed by atoms with E-state index in [0.29, 0.717) is 43.6 Å². The largest absolute Gasteiger partial charge is 0.497 e. The highest BCUT2D eigenvalue weighted by Gasteiger charge is 2.16. The van der Waals surface area contributed by atoms with Crippen LogP contribution in [0, 0.1) is 5.82 Å². The number of nitrogens with one attached hydrogen (secondary N) is 1. The van der Waals surface area contributed by atoms with E-state index < -0.39 is 0 Å². The van der Waals surface area contributed by atoms with Crippen LogP contribution in [0.4, 0.5) is 15.8 Å². The monoisotopic (exact) mass is 444 g/mol. The minimum atomic E-state index is -0.381. The van der Waals surface area contributed by atoms with Crippen LogP contribution in [0.2, 0.25) is 0 Å². The Morgan fingerprint density at radius 1 is 1.19 bits per heavy atom. The lowest BCUT2D eigenvalue weighted by Gasteiger charge is -2.29. The summed E-state index contributed by atoms with van der Waals surface area (Å²) in [7, 11) is 1.59. The van der Waals surface area contributed by atoms with Crippen LogP contribution in [0.1, 0.15) is 0 Å². The number of carbonyl (C=O) groups is 1. The van der Waals surface area contributed by atoms with Crippen molar-refractivity contribution in [1.82, 2.24) is 10.2 Å². The first-order valence-corrected chi connectivity index (χ1v) is 10.6. The van der Waals surface area contributed by atoms with Gasteiger partial charge >= 0.3 is 0 Å². The zero-order chi connectivity index (χ0) is 21.6. The number of benzene rings is 2. The third-order valence-corrected chi connectivity index (χ3v) is 5.47. The molecule has 1 aliphatic heterocycles. The SMILES string of the molecule is COc1ccc(-c2nnc(SCC(=O)Nc3ccc(N4CCOCC4)c(F)c3)o2)cc1. The van der Waals surface area contributed by atoms with E-state index in [-0.39, 0.29) is 22.7 Å². The molecule has 0 aliphatic carbocycles. The second kappa shape index (κ2) is 9.80. The topological polar surface area (TPSA) is 89.7 Å². The summed E-state index contributed by atoms with van der Waals surface area (Å²) >= 11 is 1.11. The molecule has 0 radical (unpaired) electrons. The van der Waals surface area contributed by atoms with Crippen molar-refractivity contribution >= 4 is 29.0 Å². The number of nitrogens with zero attached hydrogens (tertiary/aromatic N) is 3. The summed E-state index contributed by atoms with van der Waals surface area (Å²) in [5, 5.41) is 10.9. The standard InChI is InChI=1S/C21H21FN4O4S/c1-28-16-5-2-14(3-6-16)20-24-25-21(30-20)31-13-19(27)23-15-4-7-18(17(22)12-15)26-8-10-29-11-9-26/h2-7,12H,8-11,13H2,1H3,(H,23,27). The van der Waals surface area contributed by atoms with Crippen LogP contribution in [0.15, 0.2) is 52.1 Å². The second-order valence-corrected chi connectivity index (χ2v) is 7.63. The van der Waals surface area contributed by atoms with E-state index in [9.17, 15) is 9.18 Å². The van der Waals surface area contributed by atoms with Gasteiger partial charge in [-0.1, -0.05) is 11.8 Å². The third kappa shape index (κ3) is 5.33. The number of ether oxygens (including phenoxy) is 2. The Balaban J connectivity index is 1.31. The highest BCUT2D eigenvalue weighted by atomic mass is 32.2. The first-order valence-electron chi connectivity index (χ1n) is 9.65. The van der Waals surface area contributed by atoms with Crippen LogP contribution in [0.3, 0.4) is 0 Å². The third-order valence-electron chi connectivity index (χ3n) is 4.65. The molecule has 1 amide bonds. The molecule has 0 unspecified atom stereocenters. The summed E-state index contributed by atoms with van der Waals surface area (Å²) in [5.74, 6) is 0.452. The number of morpholine rings is 1. The minimum Gasteiger partial charge on any atom is -0.497 e. The van der Waals surface area contributed by atoms with Crippen molar-refractivity contribution in [3.63, 3.8) is 0 Å². The van der Waals surface area contributed by atoms with Gasteiger partial charge in [0.05, 0.1) is 31.8 Å². The molecule has 162 valence electrons. The van der Waals surface area contributed by atoms with E-state index in [4.69, 9.17) is 13.9 Å². The molecule has 1 N–H and O–H groups in total. The maximum absolute atomic E-state index is 14.5. The van der Waals surface area contributed by atoms with Crippen molar-refractivity contribution in [2.24, 2.45) is 0 Å². The van der Waals surface area contributed by atoms with Crippen molar-refractivity contribution < 1.29 is 23.1 Å². The summed E-state index contributed by atoms with van der Waals surface area (Å²) in [6.45, 7) is 2.43. The summed E-state index contributed by atoms with van der Waals surface area (Å²) in [6.07, 6.45) is 0. The lowest BCUT2D eigenvalue weighted by molar-refractivity contribution is -0.113. The van der Waals surface area contributed by atoms with E-state index in [2.05, 4.69) is 15.5 Å². The molecule has 1 saturated heterocycles. The van der Waals surface area contributed by atoms with Gasteiger partial charge in [0.1, 0.15) is 11.6 Å². The number of hydrogen-bond donors (Lipinski definition) is 1. The molecule has 0 spiro atoms. The number of carbonyl (C=O) groups excluding carboxylic acids is 1. The van der Waals surface area contributed by atoms with Gasteiger partial charge in [-0.15, -0.1) is 10.2 Å². The maximum Gasteiger partial charge on any atom is 0.277 e. The smallest absolute Gasteiger partial charge is 0.277 e. The van der Waals surface area contributed by atoms with Crippen LogP contribution < -0.4 is 15.0 Å². The van der Waals surface area contributed by atoms with Gasteiger partial charge in [0.25, 0.3) is 5.22 Å². The van der Waals surface area contributed by atoms with E-state index >= 15 is 0 Å². The number of thioether (sulfide) groups is 1. The predicted octanol–water partition coefficient (Wildman–Crippen LogP) is 3.45. The predicted molar refractivity (Wildman–Crippen MR) is 115 cm³/mol. The van der Waals surface area contributed by atoms with Gasteiger partial charge in [0.2, 0.25) is 11.8 Å². The molecule has 1 aliphatic rings. The molecule has 4 rings (SSSR count). The van der Waals surface area contributed by atoms with Crippen LogP contribution in [0.25, 0.3) is 11.5 Å². The zero-order valence-electron chi connectivity index (χ0n) is 16.8. The normalized spacial score (nSPS) is 13.8. The Kier molecular flexibility index (Phi) is 6.68. The molecular weight excluding hydrogens is 423 g/mol. The summed E-state index contributed by atoms with van der Waals surface area (Å²) < 4.78 is 30.5. The first-order chi connectivity index (χ1) is 15.1. The number of anilines is 2. The van der Waals surface area contributed by atoms with Crippen molar-refractivity contribution in [3.05, 3.63) is 48.3 Å². The summed E-state index contributed by atoms with van der Waals surface area (Å²) in [5.41, 5.74) is 1.65. The number of aromatic nitrogens is 2. The van der Waals surface area contributed by atoms with Gasteiger partial charge in [-0.3, -0.25) is 4.79 Å². The molecule has 2 aromatic carbocycles. The first kappa shape index (κ1) is 21.1. The second-order valence-electron chi connectivity index (χ2n) is 6.70. The van der Waals surface area contributed by atoms with Gasteiger partial charge < -0.3 is 24.1 Å². The van der Waals surface area contributed by atoms with Crippen molar-refractivity contribution in [2.45, 2.75) is 5.22 Å². The van der Waals surface area contributed by atoms with E-state index in [1.54, 1.807) is 31.4 Å². The van der Waals surface area contributed by atoms with E-state index in [0.717, 1.165) is 23.1 Å². The minimum absolute atomic E-state index is 0.0527. The fourth-order valence-electron chi connectivity index (χ4n) is 3.09. The fourth-order valence-corrected chi connectivity index (χ4v) is 3.65. The molecule has 8 nitrogen and oxygen atoms in total. The summed E-state index contributed by atoms with van der Waals surface area (Å²) in [4.78, 5) is 14.2. The molecule has 0 saturated carbocycles. The van der Waals surface area contributed by atoms with E-state index in [1.807, 2.05) is 17.0 Å². The van der Waals surface area contributed by atoms with E-state index in [1.165, 1.54) is 6.07 Å². The fraction of sp³-hybridized carbons (Fsp3) is 0.286. The number of amides is 1. The number of methoxy groups -OCH3 is 1. The molecule has 10 heteroatoms. The molecule has 1 fully saturated rings. The Labute approximate surface area is 182 Å². The Hall–Kier alpha value is -3.11. The lowest BCUT2D eigenvalue weighted by atomic mass is 10.2. The van der Waals surface area contributed by atoms with Gasteiger partial charge in [-0.25, -0.2) is 4.39 Å². The summed E-state index contributed by atoms with van der Waals surface area (Å²) in [6, 6.07) is 11.9. The lowest BCUT2D eigenvalue weighted by Crippen LogP contribution is -2.36. The van der Waals surface area contributed by atoms with Crippen LogP contribution >= 0.6 is 11.8 Å². The Bertz CT molecular complexity index is 1040. The average molecular weight is 444 g/mol. The van der Waals surface area contributed by atoms with Crippen molar-refractivity contribution in [3.8, 4) is 17.2 Å². The molecule has 2 heterocycles. The Morgan fingerprint density at radius 3 is 2.68 bits per heavy atom. The van der Waals surface area contributed by atoms with Crippen LogP contribution in [-0.4, -0.2) is 55.3 Å². The molecule has 1 aromatic heterocycles. The van der Waals surface area contributed by atoms with Crippen LogP contribution in [-0.2, 0) is 9.53 Å². The molecular formula is C21H21FN4O4S. The Morgan fingerprint density at radius 2 is 1.97 bits per heavy atom. The molecule has 31 heavy (non-hydrogen) atoms. The zero-order valence-corrected chi connectivity index (χ0v) is 17.7. The van der Waals surface area contributed by atoms with Crippen molar-refractivity contribution in [2.75, 3.05) is 49.4 Å². The van der Waals surface area contributed by atoms with Gasteiger partial charge in [0.15, 0.2) is 0 Å². The highest BCUT2D eigenvalue weighted by molar-refractivity contribution is 7.99. The average Bonchev–Trinajstić information content (AvgIpc) is 3.28. The van der Waals surface area contributed by atoms with Crippen LogP contribution in [0.5, 0.6) is 5.75 Å². The van der Waals surface area contributed by atoms with Gasteiger partial charge in [-0.05, 0) is 42.5 Å². The molecule has 0 bridgehead atoms. The maximum atomic E-state index is 14.5. The number of halogens is 1. The van der Waals surface area contributed by atoms with Crippen molar-refractivity contribution in [1.29, 1.82) is 0 Å². The molecule has 3 aromatic rings. The highest BCUT2D eigenvalue weighted by Crippen LogP contribution is 2.26. The van der Waals surface area contributed by atoms with Gasteiger partial charge in [0, 0.05) is 24.3 Å². The molecule has 0 atom stereocenters. The number of hydrogen-bond acceptors (Lipinski definition) is 8. The van der Waals surface area contributed by atoms with Gasteiger partial charge in [-0.2, -0.15) is 0 Å².